The molecule has 102 valence electrons. The molecule has 2 N–H and O–H groups in total. The number of rotatable bonds is 6. The summed E-state index contributed by atoms with van der Waals surface area (Å²) in [5.41, 5.74) is 0.101. The number of carbonyl (C=O) groups is 1. The smallest absolute Gasteiger partial charge is 0.237 e. The predicted molar refractivity (Wildman–Crippen MR) is 71.6 cm³/mol. The van der Waals surface area contributed by atoms with Crippen LogP contribution in [0.4, 0.5) is 0 Å². The second-order valence-electron chi connectivity index (χ2n) is 5.27. The van der Waals surface area contributed by atoms with Crippen LogP contribution in [-0.2, 0) is 9.53 Å². The van der Waals surface area contributed by atoms with Crippen LogP contribution in [0.5, 0.6) is 0 Å². The topological polar surface area (TPSA) is 50.4 Å². The molecule has 4 nitrogen and oxygen atoms in total. The molecule has 0 aromatic heterocycles. The normalized spacial score (nSPS) is 19.8. The summed E-state index contributed by atoms with van der Waals surface area (Å²) in [4.78, 5) is 11.8. The van der Waals surface area contributed by atoms with Crippen molar-refractivity contribution in [3.05, 3.63) is 0 Å². The molecule has 1 heterocycles. The van der Waals surface area contributed by atoms with Crippen molar-refractivity contribution in [1.29, 1.82) is 0 Å². The van der Waals surface area contributed by atoms with Crippen molar-refractivity contribution in [1.82, 2.24) is 10.6 Å². The van der Waals surface area contributed by atoms with E-state index in [4.69, 9.17) is 4.74 Å². The van der Waals surface area contributed by atoms with Crippen LogP contribution >= 0.6 is 12.4 Å². The lowest BCUT2D eigenvalue weighted by molar-refractivity contribution is -0.123. The molecular formula is C12H25ClN2O2. The fraction of sp³-hybridized carbons (Fsp3) is 0.917. The zero-order valence-electron chi connectivity index (χ0n) is 11.0. The highest BCUT2D eigenvalue weighted by atomic mass is 35.5. The number of amides is 1. The number of carbonyl (C=O) groups excluding carboxylic acids is 1. The minimum atomic E-state index is 0. The summed E-state index contributed by atoms with van der Waals surface area (Å²) in [5, 5.41) is 6.22. The average molecular weight is 265 g/mol. The second kappa shape index (κ2) is 7.90. The quantitative estimate of drug-likeness (QED) is 0.761. The molecule has 0 aromatic rings. The van der Waals surface area contributed by atoms with Gasteiger partial charge in [0, 0.05) is 20.3 Å². The average Bonchev–Trinajstić information content (AvgIpc) is 2.77. The van der Waals surface area contributed by atoms with Crippen molar-refractivity contribution < 1.29 is 9.53 Å². The molecule has 0 spiro atoms. The van der Waals surface area contributed by atoms with Gasteiger partial charge in [-0.15, -0.1) is 12.4 Å². The molecule has 1 amide bonds. The van der Waals surface area contributed by atoms with Crippen LogP contribution in [0.1, 0.15) is 33.1 Å². The van der Waals surface area contributed by atoms with Crippen LogP contribution in [0.25, 0.3) is 0 Å². The summed E-state index contributed by atoms with van der Waals surface area (Å²) in [7, 11) is 1.71. The summed E-state index contributed by atoms with van der Waals surface area (Å²) in [5.74, 6) is 0.142. The highest BCUT2D eigenvalue weighted by Crippen LogP contribution is 2.18. The van der Waals surface area contributed by atoms with E-state index in [-0.39, 0.29) is 29.8 Å². The fourth-order valence-corrected chi connectivity index (χ4v) is 1.82. The van der Waals surface area contributed by atoms with Crippen molar-refractivity contribution in [3.63, 3.8) is 0 Å². The van der Waals surface area contributed by atoms with Crippen molar-refractivity contribution >= 4 is 18.3 Å². The minimum Gasteiger partial charge on any atom is -0.385 e. The van der Waals surface area contributed by atoms with Crippen LogP contribution in [-0.4, -0.2) is 38.8 Å². The number of halogens is 1. The van der Waals surface area contributed by atoms with Gasteiger partial charge in [0.05, 0.1) is 6.04 Å². The standard InChI is InChI=1S/C12H24N2O2.ClH/c1-12(2,6-8-16-3)9-14-11(15)10-5-4-7-13-10;/h10,13H,4-9H2,1-3H3,(H,14,15);1H/t10-;/m0./s1. The zero-order chi connectivity index (χ0) is 12.0. The van der Waals surface area contributed by atoms with Gasteiger partial charge in [-0.1, -0.05) is 13.8 Å². The third kappa shape index (κ3) is 6.24. The Kier molecular flexibility index (Phi) is 7.75. The predicted octanol–water partition coefficient (Wildman–Crippen LogP) is 1.34. The Labute approximate surface area is 110 Å². The van der Waals surface area contributed by atoms with Crippen LogP contribution in [0.3, 0.4) is 0 Å². The molecule has 17 heavy (non-hydrogen) atoms. The maximum atomic E-state index is 11.8. The Morgan fingerprint density at radius 1 is 1.53 bits per heavy atom. The summed E-state index contributed by atoms with van der Waals surface area (Å²) in [6, 6.07) is 0.0261. The van der Waals surface area contributed by atoms with Crippen LogP contribution in [0.2, 0.25) is 0 Å². The number of ether oxygens (including phenoxy) is 1. The van der Waals surface area contributed by atoms with Gasteiger partial charge in [-0.25, -0.2) is 0 Å². The SMILES string of the molecule is COCCC(C)(C)CNC(=O)[C@@H]1CCCN1.Cl. The Balaban J connectivity index is 0.00000256. The van der Waals surface area contributed by atoms with Crippen molar-refractivity contribution in [3.8, 4) is 0 Å². The molecule has 1 saturated heterocycles. The molecule has 0 radical (unpaired) electrons. The van der Waals surface area contributed by atoms with E-state index in [0.717, 1.165) is 32.4 Å². The number of nitrogens with one attached hydrogen (secondary N) is 2. The first-order valence-corrected chi connectivity index (χ1v) is 6.05. The van der Waals surface area contributed by atoms with Crippen molar-refractivity contribution in [2.75, 3.05) is 26.8 Å². The Hall–Kier alpha value is -0.320. The first-order valence-electron chi connectivity index (χ1n) is 6.05. The minimum absolute atomic E-state index is 0. The van der Waals surface area contributed by atoms with Gasteiger partial charge in [0.15, 0.2) is 0 Å². The van der Waals surface area contributed by atoms with Gasteiger partial charge in [0.1, 0.15) is 0 Å². The van der Waals surface area contributed by atoms with E-state index in [0.29, 0.717) is 6.54 Å². The van der Waals surface area contributed by atoms with Crippen molar-refractivity contribution in [2.45, 2.75) is 39.2 Å². The molecular weight excluding hydrogens is 240 g/mol. The molecule has 1 aliphatic heterocycles. The zero-order valence-corrected chi connectivity index (χ0v) is 11.9. The summed E-state index contributed by atoms with van der Waals surface area (Å²) in [6.07, 6.45) is 3.03. The maximum Gasteiger partial charge on any atom is 0.237 e. The monoisotopic (exact) mass is 264 g/mol. The molecule has 0 unspecified atom stereocenters. The van der Waals surface area contributed by atoms with Gasteiger partial charge in [0.25, 0.3) is 0 Å². The fourth-order valence-electron chi connectivity index (χ4n) is 1.82. The first kappa shape index (κ1) is 16.7. The molecule has 0 aromatic carbocycles. The van der Waals surface area contributed by atoms with Gasteiger partial charge >= 0.3 is 0 Å². The van der Waals surface area contributed by atoms with Crippen LogP contribution in [0.15, 0.2) is 0 Å². The summed E-state index contributed by atoms with van der Waals surface area (Å²) in [6.45, 7) is 6.71. The second-order valence-corrected chi connectivity index (χ2v) is 5.27. The number of hydrogen-bond acceptors (Lipinski definition) is 3. The lowest BCUT2D eigenvalue weighted by Crippen LogP contribution is -2.44. The van der Waals surface area contributed by atoms with E-state index in [1.807, 2.05) is 0 Å². The number of methoxy groups -OCH3 is 1. The van der Waals surface area contributed by atoms with E-state index in [9.17, 15) is 4.79 Å². The van der Waals surface area contributed by atoms with Crippen LogP contribution < -0.4 is 10.6 Å². The third-order valence-corrected chi connectivity index (χ3v) is 3.10. The van der Waals surface area contributed by atoms with Gasteiger partial charge in [-0.3, -0.25) is 4.79 Å². The molecule has 1 aliphatic rings. The highest BCUT2D eigenvalue weighted by molar-refractivity contribution is 5.85. The van der Waals surface area contributed by atoms with Gasteiger partial charge in [0.2, 0.25) is 5.91 Å². The highest BCUT2D eigenvalue weighted by Gasteiger charge is 2.24. The van der Waals surface area contributed by atoms with E-state index >= 15 is 0 Å². The van der Waals surface area contributed by atoms with Gasteiger partial charge in [-0.05, 0) is 31.2 Å². The largest absolute Gasteiger partial charge is 0.385 e. The summed E-state index contributed by atoms with van der Waals surface area (Å²) >= 11 is 0. The van der Waals surface area contributed by atoms with E-state index < -0.39 is 0 Å². The van der Waals surface area contributed by atoms with E-state index in [1.54, 1.807) is 7.11 Å². The van der Waals surface area contributed by atoms with E-state index in [1.165, 1.54) is 0 Å². The molecule has 1 rings (SSSR count). The lowest BCUT2D eigenvalue weighted by Gasteiger charge is -2.25. The third-order valence-electron chi connectivity index (χ3n) is 3.10. The molecule has 0 saturated carbocycles. The molecule has 0 bridgehead atoms. The Morgan fingerprint density at radius 3 is 2.76 bits per heavy atom. The summed E-state index contributed by atoms with van der Waals surface area (Å²) < 4.78 is 5.06. The Bertz CT molecular complexity index is 229. The van der Waals surface area contributed by atoms with Gasteiger partial charge < -0.3 is 15.4 Å². The number of hydrogen-bond donors (Lipinski definition) is 2. The van der Waals surface area contributed by atoms with Crippen LogP contribution in [0, 0.1) is 5.41 Å². The molecule has 5 heteroatoms. The maximum absolute atomic E-state index is 11.8. The molecule has 1 fully saturated rings. The molecule has 1 atom stereocenters. The first-order chi connectivity index (χ1) is 7.55. The van der Waals surface area contributed by atoms with Gasteiger partial charge in [-0.2, -0.15) is 0 Å². The lowest BCUT2D eigenvalue weighted by atomic mass is 9.89. The Morgan fingerprint density at radius 2 is 2.24 bits per heavy atom. The van der Waals surface area contributed by atoms with Crippen molar-refractivity contribution in [2.24, 2.45) is 5.41 Å². The van der Waals surface area contributed by atoms with E-state index in [2.05, 4.69) is 24.5 Å². The molecule has 0 aliphatic carbocycles.